The average molecular weight is 423 g/mol. The van der Waals surface area contributed by atoms with Crippen LogP contribution in [0.3, 0.4) is 0 Å². The summed E-state index contributed by atoms with van der Waals surface area (Å²) in [6, 6.07) is 0. The molecule has 0 N–H and O–H groups in total. The summed E-state index contributed by atoms with van der Waals surface area (Å²) in [4.78, 5) is 11.4. The molecule has 174 valence electrons. The third-order valence-electron chi connectivity index (χ3n) is 3.35. The standard InChI is InChI=1S/C21H42O8/c1-5-6-8-23-11-14-26-15-12-24-9-7-10-25-13-16-27-17-18-28-19-20(22)29-21(2,3)4/h5-19H2,1-4H3. The van der Waals surface area contributed by atoms with Gasteiger partial charge in [0.05, 0.1) is 52.9 Å². The number of carbonyl (C=O) groups is 1. The van der Waals surface area contributed by atoms with Gasteiger partial charge in [0.15, 0.2) is 0 Å². The lowest BCUT2D eigenvalue weighted by atomic mass is 10.2. The maximum absolute atomic E-state index is 11.4. The van der Waals surface area contributed by atoms with Gasteiger partial charge in [-0.15, -0.1) is 0 Å². The third-order valence-corrected chi connectivity index (χ3v) is 3.35. The first-order valence-corrected chi connectivity index (χ1v) is 10.6. The summed E-state index contributed by atoms with van der Waals surface area (Å²) in [5.74, 6) is -0.369. The second-order valence-corrected chi connectivity index (χ2v) is 7.41. The predicted molar refractivity (Wildman–Crippen MR) is 110 cm³/mol. The molecular formula is C21H42O8. The van der Waals surface area contributed by atoms with E-state index in [4.69, 9.17) is 33.2 Å². The first-order valence-electron chi connectivity index (χ1n) is 10.6. The van der Waals surface area contributed by atoms with Gasteiger partial charge in [0.1, 0.15) is 12.2 Å². The van der Waals surface area contributed by atoms with Gasteiger partial charge in [0.25, 0.3) is 0 Å². The first-order chi connectivity index (χ1) is 14.0. The van der Waals surface area contributed by atoms with Crippen molar-refractivity contribution < 1.29 is 38.0 Å². The highest BCUT2D eigenvalue weighted by Crippen LogP contribution is 2.06. The zero-order valence-electron chi connectivity index (χ0n) is 18.9. The lowest BCUT2D eigenvalue weighted by Crippen LogP contribution is -2.27. The van der Waals surface area contributed by atoms with E-state index < -0.39 is 5.60 Å². The van der Waals surface area contributed by atoms with E-state index in [-0.39, 0.29) is 12.6 Å². The summed E-state index contributed by atoms with van der Waals surface area (Å²) in [5, 5.41) is 0. The number of unbranched alkanes of at least 4 members (excludes halogenated alkanes) is 1. The van der Waals surface area contributed by atoms with E-state index in [1.54, 1.807) is 0 Å². The van der Waals surface area contributed by atoms with Gasteiger partial charge in [0, 0.05) is 19.8 Å². The Balaban J connectivity index is 3.11. The van der Waals surface area contributed by atoms with E-state index in [1.165, 1.54) is 0 Å². The maximum Gasteiger partial charge on any atom is 0.332 e. The second kappa shape index (κ2) is 20.5. The van der Waals surface area contributed by atoms with Crippen LogP contribution in [0, 0.1) is 0 Å². The lowest BCUT2D eigenvalue weighted by molar-refractivity contribution is -0.160. The monoisotopic (exact) mass is 422 g/mol. The molecule has 29 heavy (non-hydrogen) atoms. The summed E-state index contributed by atoms with van der Waals surface area (Å²) in [6.45, 7) is 13.8. The molecule has 0 aliphatic carbocycles. The van der Waals surface area contributed by atoms with Crippen LogP contribution in [0.25, 0.3) is 0 Å². The molecule has 0 radical (unpaired) electrons. The highest BCUT2D eigenvalue weighted by Gasteiger charge is 2.15. The van der Waals surface area contributed by atoms with Gasteiger partial charge in [-0.3, -0.25) is 0 Å². The van der Waals surface area contributed by atoms with Crippen molar-refractivity contribution in [3.8, 4) is 0 Å². The van der Waals surface area contributed by atoms with E-state index in [2.05, 4.69) is 6.92 Å². The molecule has 8 nitrogen and oxygen atoms in total. The normalized spacial score (nSPS) is 11.7. The lowest BCUT2D eigenvalue weighted by Gasteiger charge is -2.19. The van der Waals surface area contributed by atoms with Gasteiger partial charge in [-0.1, -0.05) is 13.3 Å². The number of hydrogen-bond acceptors (Lipinski definition) is 8. The molecule has 0 atom stereocenters. The minimum atomic E-state index is -0.490. The zero-order valence-corrected chi connectivity index (χ0v) is 18.9. The molecule has 0 aromatic heterocycles. The molecule has 0 heterocycles. The van der Waals surface area contributed by atoms with Crippen LogP contribution < -0.4 is 0 Å². The fraction of sp³-hybridized carbons (Fsp3) is 0.952. The molecule has 0 unspecified atom stereocenters. The molecule has 0 fully saturated rings. The van der Waals surface area contributed by atoms with Gasteiger partial charge in [-0.05, 0) is 33.6 Å². The molecule has 0 aromatic carbocycles. The van der Waals surface area contributed by atoms with Gasteiger partial charge in [-0.25, -0.2) is 4.79 Å². The summed E-state index contributed by atoms with van der Waals surface area (Å²) in [6.07, 6.45) is 3.08. The Bertz CT molecular complexity index is 357. The summed E-state index contributed by atoms with van der Waals surface area (Å²) in [7, 11) is 0. The van der Waals surface area contributed by atoms with Crippen molar-refractivity contribution in [1.82, 2.24) is 0 Å². The number of esters is 1. The molecule has 8 heteroatoms. The first kappa shape index (κ1) is 28.2. The van der Waals surface area contributed by atoms with Crippen molar-refractivity contribution in [1.29, 1.82) is 0 Å². The fourth-order valence-electron chi connectivity index (χ4n) is 2.02. The van der Waals surface area contributed by atoms with Crippen LogP contribution in [0.5, 0.6) is 0 Å². The predicted octanol–water partition coefficient (Wildman–Crippen LogP) is 2.62. The molecule has 0 aliphatic heterocycles. The minimum Gasteiger partial charge on any atom is -0.458 e. The molecule has 0 bridgehead atoms. The van der Waals surface area contributed by atoms with Crippen LogP contribution in [0.2, 0.25) is 0 Å². The van der Waals surface area contributed by atoms with Crippen molar-refractivity contribution in [2.45, 2.75) is 52.6 Å². The molecule has 0 aromatic rings. The van der Waals surface area contributed by atoms with E-state index in [0.29, 0.717) is 66.1 Å². The Morgan fingerprint density at radius 3 is 1.38 bits per heavy atom. The second-order valence-electron chi connectivity index (χ2n) is 7.41. The fourth-order valence-corrected chi connectivity index (χ4v) is 2.02. The van der Waals surface area contributed by atoms with Gasteiger partial charge >= 0.3 is 5.97 Å². The van der Waals surface area contributed by atoms with Gasteiger partial charge in [0.2, 0.25) is 0 Å². The Morgan fingerprint density at radius 2 is 0.966 bits per heavy atom. The van der Waals surface area contributed by atoms with Crippen LogP contribution in [0.4, 0.5) is 0 Å². The largest absolute Gasteiger partial charge is 0.458 e. The highest BCUT2D eigenvalue weighted by atomic mass is 16.6. The smallest absolute Gasteiger partial charge is 0.332 e. The minimum absolute atomic E-state index is 0.0606. The molecule has 0 aliphatic rings. The summed E-state index contributed by atoms with van der Waals surface area (Å²) < 4.78 is 37.4. The van der Waals surface area contributed by atoms with E-state index >= 15 is 0 Å². The van der Waals surface area contributed by atoms with E-state index in [1.807, 2.05) is 20.8 Å². The van der Waals surface area contributed by atoms with Crippen LogP contribution in [0.1, 0.15) is 47.0 Å². The molecule has 0 saturated carbocycles. The maximum atomic E-state index is 11.4. The average Bonchev–Trinajstić information content (AvgIpc) is 2.65. The molecule has 0 rings (SSSR count). The molecule has 0 amide bonds. The number of hydrogen-bond donors (Lipinski definition) is 0. The van der Waals surface area contributed by atoms with E-state index in [9.17, 15) is 4.79 Å². The Labute approximate surface area is 176 Å². The van der Waals surface area contributed by atoms with Crippen molar-refractivity contribution in [2.24, 2.45) is 0 Å². The van der Waals surface area contributed by atoms with Gasteiger partial charge < -0.3 is 33.2 Å². The molecule has 0 spiro atoms. The van der Waals surface area contributed by atoms with Crippen LogP contribution >= 0.6 is 0 Å². The Kier molecular flexibility index (Phi) is 20.0. The Morgan fingerprint density at radius 1 is 0.586 bits per heavy atom. The van der Waals surface area contributed by atoms with Crippen molar-refractivity contribution in [2.75, 3.05) is 79.3 Å². The van der Waals surface area contributed by atoms with Crippen LogP contribution in [-0.4, -0.2) is 90.9 Å². The summed E-state index contributed by atoms with van der Waals surface area (Å²) in [5.41, 5.74) is -0.490. The quantitative estimate of drug-likeness (QED) is 0.206. The van der Waals surface area contributed by atoms with Crippen molar-refractivity contribution in [3.63, 3.8) is 0 Å². The number of rotatable bonds is 21. The van der Waals surface area contributed by atoms with Gasteiger partial charge in [-0.2, -0.15) is 0 Å². The third kappa shape index (κ3) is 25.2. The SMILES string of the molecule is CCCCOCCOCCOCCCOCCOCCOCC(=O)OC(C)(C)C. The van der Waals surface area contributed by atoms with Crippen molar-refractivity contribution >= 4 is 5.97 Å². The van der Waals surface area contributed by atoms with Crippen LogP contribution in [0.15, 0.2) is 0 Å². The zero-order chi connectivity index (χ0) is 21.6. The van der Waals surface area contributed by atoms with Crippen molar-refractivity contribution in [3.05, 3.63) is 0 Å². The highest BCUT2D eigenvalue weighted by molar-refractivity contribution is 5.71. The Hall–Kier alpha value is -0.770. The molecular weight excluding hydrogens is 380 g/mol. The molecule has 0 saturated heterocycles. The topological polar surface area (TPSA) is 81.7 Å². The number of carbonyl (C=O) groups excluding carboxylic acids is 1. The van der Waals surface area contributed by atoms with Crippen LogP contribution in [-0.2, 0) is 38.0 Å². The number of ether oxygens (including phenoxy) is 7. The summed E-state index contributed by atoms with van der Waals surface area (Å²) >= 11 is 0. The van der Waals surface area contributed by atoms with E-state index in [0.717, 1.165) is 25.9 Å².